The monoisotopic (exact) mass is 384 g/mol. The van der Waals surface area contributed by atoms with Crippen LogP contribution in [0.25, 0.3) is 0 Å². The zero-order chi connectivity index (χ0) is 20.1. The highest BCUT2D eigenvalue weighted by Crippen LogP contribution is 2.41. The molecular formula is C23H32N2O3. The molecule has 1 fully saturated rings. The van der Waals surface area contributed by atoms with E-state index in [1.165, 1.54) is 0 Å². The van der Waals surface area contributed by atoms with Crippen molar-refractivity contribution in [1.29, 1.82) is 0 Å². The topological polar surface area (TPSA) is 65.3 Å². The smallest absolute Gasteiger partial charge is 0.112 e. The minimum atomic E-state index is -1.06. The lowest BCUT2D eigenvalue weighted by Gasteiger charge is -2.39. The van der Waals surface area contributed by atoms with Gasteiger partial charge in [-0.1, -0.05) is 48.9 Å². The Bertz CT molecular complexity index is 771. The molecule has 1 aliphatic heterocycles. The van der Waals surface area contributed by atoms with E-state index >= 15 is 0 Å². The average molecular weight is 385 g/mol. The predicted octanol–water partition coefficient (Wildman–Crippen LogP) is 3.22. The van der Waals surface area contributed by atoms with E-state index in [0.717, 1.165) is 41.8 Å². The molecule has 1 heterocycles. The molecule has 0 radical (unpaired) electrons. The fraction of sp³-hybridized carbons (Fsp3) is 0.522. The maximum absolute atomic E-state index is 11.6. The van der Waals surface area contributed by atoms with Gasteiger partial charge in [-0.25, -0.2) is 0 Å². The van der Waals surface area contributed by atoms with Gasteiger partial charge in [0, 0.05) is 19.2 Å². The van der Waals surface area contributed by atoms with Crippen molar-refractivity contribution in [3.63, 3.8) is 0 Å². The van der Waals surface area contributed by atoms with Gasteiger partial charge >= 0.3 is 0 Å². The van der Waals surface area contributed by atoms with E-state index in [2.05, 4.69) is 18.0 Å². The van der Waals surface area contributed by atoms with Crippen LogP contribution in [0, 0.1) is 5.92 Å². The number of hydrogen-bond donors (Lipinski definition) is 2. The highest BCUT2D eigenvalue weighted by molar-refractivity contribution is 6.03. The number of hydrogen-bond acceptors (Lipinski definition) is 5. The van der Waals surface area contributed by atoms with Gasteiger partial charge in [0.15, 0.2) is 0 Å². The van der Waals surface area contributed by atoms with Gasteiger partial charge < -0.3 is 14.9 Å². The van der Waals surface area contributed by atoms with Crippen LogP contribution in [-0.4, -0.2) is 53.8 Å². The number of methoxy groups -OCH3 is 1. The van der Waals surface area contributed by atoms with Crippen molar-refractivity contribution in [2.24, 2.45) is 11.0 Å². The largest absolute Gasteiger partial charge is 0.392 e. The molecule has 1 aromatic carbocycles. The van der Waals surface area contributed by atoms with Gasteiger partial charge in [-0.2, -0.15) is 5.10 Å². The molecule has 0 spiro atoms. The van der Waals surface area contributed by atoms with E-state index in [0.29, 0.717) is 19.1 Å². The molecule has 0 bridgehead atoms. The van der Waals surface area contributed by atoms with Crippen LogP contribution in [0.15, 0.2) is 53.2 Å². The molecule has 0 unspecified atom stereocenters. The highest BCUT2D eigenvalue weighted by atomic mass is 16.5. The number of benzene rings is 1. The van der Waals surface area contributed by atoms with Gasteiger partial charge in [-0.15, -0.1) is 0 Å². The average Bonchev–Trinajstić information content (AvgIpc) is 3.12. The summed E-state index contributed by atoms with van der Waals surface area (Å²) >= 11 is 0. The molecule has 5 heteroatoms. The predicted molar refractivity (Wildman–Crippen MR) is 112 cm³/mol. The number of allylic oxidation sites excluding steroid dienone is 2. The van der Waals surface area contributed by atoms with Crippen LogP contribution in [0.1, 0.15) is 44.2 Å². The highest BCUT2D eigenvalue weighted by Gasteiger charge is 2.41. The minimum Gasteiger partial charge on any atom is -0.392 e. The fourth-order valence-corrected chi connectivity index (χ4v) is 4.19. The lowest BCUT2D eigenvalue weighted by Crippen LogP contribution is -2.40. The van der Waals surface area contributed by atoms with Crippen molar-refractivity contribution in [3.05, 3.63) is 59.2 Å². The normalized spacial score (nSPS) is 29.7. The molecule has 0 saturated carbocycles. The summed E-state index contributed by atoms with van der Waals surface area (Å²) in [5, 5.41) is 27.8. The van der Waals surface area contributed by atoms with Gasteiger partial charge in [0.2, 0.25) is 0 Å². The first-order chi connectivity index (χ1) is 13.5. The SMILES string of the molecule is COC[C@H]1CCCN1/N=C1\C[C@@H](C)[C@@](O)(/C=C/C(C)=C\CO)c2ccccc21. The quantitative estimate of drug-likeness (QED) is 0.739. The fourth-order valence-electron chi connectivity index (χ4n) is 4.19. The summed E-state index contributed by atoms with van der Waals surface area (Å²) in [4.78, 5) is 0. The summed E-state index contributed by atoms with van der Waals surface area (Å²) in [5.74, 6) is -0.0113. The number of aliphatic hydroxyl groups is 2. The standard InChI is InChI=1S/C23H32N2O3/c1-17(11-14-26)10-12-23(27)18(2)15-22(20-8-4-5-9-21(20)23)24-25-13-6-7-19(25)16-28-3/h4-5,8-12,18-19,26-27H,6-7,13-16H2,1-3H3/b12-10+,17-11-,24-22+/t18-,19-,23+/m1/s1. The Labute approximate surface area is 168 Å². The third-order valence-electron chi connectivity index (χ3n) is 5.89. The Morgan fingerprint density at radius 3 is 2.93 bits per heavy atom. The lowest BCUT2D eigenvalue weighted by atomic mass is 9.71. The zero-order valence-electron chi connectivity index (χ0n) is 17.1. The summed E-state index contributed by atoms with van der Waals surface area (Å²) < 4.78 is 5.36. The van der Waals surface area contributed by atoms with Crippen LogP contribution >= 0.6 is 0 Å². The third-order valence-corrected chi connectivity index (χ3v) is 5.89. The molecule has 152 valence electrons. The van der Waals surface area contributed by atoms with Crippen molar-refractivity contribution >= 4 is 5.71 Å². The van der Waals surface area contributed by atoms with Crippen molar-refractivity contribution in [1.82, 2.24) is 5.01 Å². The second-order valence-electron chi connectivity index (χ2n) is 7.90. The Morgan fingerprint density at radius 1 is 1.39 bits per heavy atom. The maximum Gasteiger partial charge on any atom is 0.112 e. The second-order valence-corrected chi connectivity index (χ2v) is 7.90. The van der Waals surface area contributed by atoms with Gasteiger partial charge in [-0.3, -0.25) is 5.01 Å². The summed E-state index contributed by atoms with van der Waals surface area (Å²) in [6.07, 6.45) is 8.42. The van der Waals surface area contributed by atoms with Crippen molar-refractivity contribution in [2.75, 3.05) is 26.9 Å². The van der Waals surface area contributed by atoms with Crippen molar-refractivity contribution in [2.45, 2.75) is 44.8 Å². The molecule has 28 heavy (non-hydrogen) atoms. The Hall–Kier alpha value is -1.95. The lowest BCUT2D eigenvalue weighted by molar-refractivity contribution is 0.0312. The van der Waals surface area contributed by atoms with Crippen LogP contribution in [0.5, 0.6) is 0 Å². The van der Waals surface area contributed by atoms with Crippen molar-refractivity contribution < 1.29 is 14.9 Å². The molecule has 0 amide bonds. The number of nitrogens with zero attached hydrogens (tertiary/aromatic N) is 2. The summed E-state index contributed by atoms with van der Waals surface area (Å²) in [7, 11) is 1.74. The second kappa shape index (κ2) is 9.03. The minimum absolute atomic E-state index is 0.00394. The van der Waals surface area contributed by atoms with Gasteiger partial charge in [0.25, 0.3) is 0 Å². The van der Waals surface area contributed by atoms with Crippen LogP contribution in [-0.2, 0) is 10.3 Å². The summed E-state index contributed by atoms with van der Waals surface area (Å²) in [6.45, 7) is 5.62. The first kappa shape index (κ1) is 20.8. The van der Waals surface area contributed by atoms with E-state index in [4.69, 9.17) is 14.9 Å². The van der Waals surface area contributed by atoms with E-state index in [-0.39, 0.29) is 12.5 Å². The molecule has 2 aliphatic rings. The maximum atomic E-state index is 11.6. The number of ether oxygens (including phenoxy) is 1. The van der Waals surface area contributed by atoms with Crippen LogP contribution < -0.4 is 0 Å². The molecule has 2 N–H and O–H groups in total. The van der Waals surface area contributed by atoms with Crippen molar-refractivity contribution in [3.8, 4) is 0 Å². The molecule has 1 saturated heterocycles. The van der Waals surface area contributed by atoms with Gasteiger partial charge in [0.05, 0.1) is 25.0 Å². The van der Waals surface area contributed by atoms with E-state index in [1.807, 2.05) is 37.3 Å². The van der Waals surface area contributed by atoms with Gasteiger partial charge in [0.1, 0.15) is 5.60 Å². The molecule has 3 atom stereocenters. The van der Waals surface area contributed by atoms with E-state index in [1.54, 1.807) is 13.2 Å². The van der Waals surface area contributed by atoms with E-state index in [9.17, 15) is 5.11 Å². The Kier molecular flexibility index (Phi) is 6.70. The Morgan fingerprint density at radius 2 is 2.18 bits per heavy atom. The van der Waals surface area contributed by atoms with Crippen LogP contribution in [0.4, 0.5) is 0 Å². The summed E-state index contributed by atoms with van der Waals surface area (Å²) in [6, 6.07) is 8.34. The molecule has 1 aliphatic carbocycles. The molecular weight excluding hydrogens is 352 g/mol. The Balaban J connectivity index is 1.97. The van der Waals surface area contributed by atoms with E-state index < -0.39 is 5.60 Å². The first-order valence-corrected chi connectivity index (χ1v) is 10.1. The number of hydrazone groups is 1. The van der Waals surface area contributed by atoms with Crippen LogP contribution in [0.2, 0.25) is 0 Å². The third kappa shape index (κ3) is 4.22. The number of rotatable bonds is 6. The summed E-state index contributed by atoms with van der Waals surface area (Å²) in [5.41, 5.74) is 2.81. The zero-order valence-corrected chi connectivity index (χ0v) is 17.1. The molecule has 3 rings (SSSR count). The number of aliphatic hydroxyl groups excluding tert-OH is 1. The molecule has 5 nitrogen and oxygen atoms in total. The first-order valence-electron chi connectivity index (χ1n) is 10.1. The van der Waals surface area contributed by atoms with Crippen LogP contribution in [0.3, 0.4) is 0 Å². The molecule has 1 aromatic rings. The molecule has 0 aromatic heterocycles. The van der Waals surface area contributed by atoms with Gasteiger partial charge in [-0.05, 0) is 43.7 Å². The number of fused-ring (bicyclic) bond motifs is 1.